The van der Waals surface area contributed by atoms with Crippen molar-refractivity contribution in [3.63, 3.8) is 0 Å². The summed E-state index contributed by atoms with van der Waals surface area (Å²) in [5, 5.41) is 3.44. The fourth-order valence-electron chi connectivity index (χ4n) is 2.48. The maximum Gasteiger partial charge on any atom is 0.338 e. The summed E-state index contributed by atoms with van der Waals surface area (Å²) in [6.45, 7) is 7.72. The molecule has 1 atom stereocenters. The van der Waals surface area contributed by atoms with Gasteiger partial charge in [0.2, 0.25) is 0 Å². The Hall–Kier alpha value is -2.53. The molecule has 0 fully saturated rings. The topological polar surface area (TPSA) is 64.6 Å². The second-order valence-corrected chi connectivity index (χ2v) is 6.72. The second kappa shape index (κ2) is 9.42. The summed E-state index contributed by atoms with van der Waals surface area (Å²) in [6, 6.07) is 10.2. The molecule has 6 heteroatoms. The van der Waals surface area contributed by atoms with Crippen LogP contribution < -0.4 is 10.1 Å². The van der Waals surface area contributed by atoms with Crippen molar-refractivity contribution in [2.24, 2.45) is 0 Å². The molecule has 0 radical (unpaired) electrons. The Morgan fingerprint density at radius 1 is 1.15 bits per heavy atom. The molecule has 1 unspecified atom stereocenters. The maximum atomic E-state index is 12.4. The minimum absolute atomic E-state index is 0.320. The lowest BCUT2D eigenvalue weighted by atomic mass is 10.1. The van der Waals surface area contributed by atoms with Crippen LogP contribution in [0.2, 0.25) is 5.02 Å². The van der Waals surface area contributed by atoms with E-state index in [0.717, 1.165) is 17.5 Å². The van der Waals surface area contributed by atoms with Crippen LogP contribution in [0.1, 0.15) is 41.8 Å². The van der Waals surface area contributed by atoms with Gasteiger partial charge in [-0.15, -0.1) is 0 Å². The smallest absolute Gasteiger partial charge is 0.338 e. The Bertz CT molecular complexity index is 812. The quantitative estimate of drug-likeness (QED) is 0.682. The van der Waals surface area contributed by atoms with Gasteiger partial charge in [0.05, 0.1) is 12.2 Å². The number of amides is 1. The van der Waals surface area contributed by atoms with E-state index in [1.54, 1.807) is 43.3 Å². The third-order valence-electron chi connectivity index (χ3n) is 3.90. The van der Waals surface area contributed by atoms with E-state index in [4.69, 9.17) is 21.1 Å². The first-order valence-electron chi connectivity index (χ1n) is 8.83. The molecule has 144 valence electrons. The maximum absolute atomic E-state index is 12.4. The highest BCUT2D eigenvalue weighted by molar-refractivity contribution is 6.32. The summed E-state index contributed by atoms with van der Waals surface area (Å²) < 4.78 is 10.8. The average molecular weight is 390 g/mol. The van der Waals surface area contributed by atoms with Gasteiger partial charge >= 0.3 is 5.97 Å². The number of ether oxygens (including phenoxy) is 2. The number of hydrogen-bond acceptors (Lipinski definition) is 4. The molecular formula is C21H24ClNO4. The minimum Gasteiger partial charge on any atom is -0.481 e. The van der Waals surface area contributed by atoms with E-state index in [2.05, 4.69) is 5.32 Å². The Labute approximate surface area is 164 Å². The van der Waals surface area contributed by atoms with E-state index >= 15 is 0 Å². The van der Waals surface area contributed by atoms with Gasteiger partial charge in [0.25, 0.3) is 5.91 Å². The standard InChI is InChI=1S/C21H24ClNO4/c1-5-9-26-21(25)16-7-6-8-17(12-16)23-20(24)15(4)27-18-10-13(2)19(22)14(3)11-18/h6-8,10-12,15H,5,9H2,1-4H3,(H,23,24). The van der Waals surface area contributed by atoms with Crippen molar-refractivity contribution in [2.75, 3.05) is 11.9 Å². The first kappa shape index (κ1) is 20.8. The summed E-state index contributed by atoms with van der Waals surface area (Å²) in [6.07, 6.45) is 0.0291. The SMILES string of the molecule is CCCOC(=O)c1cccc(NC(=O)C(C)Oc2cc(C)c(Cl)c(C)c2)c1. The average Bonchev–Trinajstić information content (AvgIpc) is 2.64. The zero-order chi connectivity index (χ0) is 20.0. The van der Waals surface area contributed by atoms with Gasteiger partial charge in [-0.25, -0.2) is 4.79 Å². The lowest BCUT2D eigenvalue weighted by molar-refractivity contribution is -0.122. The first-order valence-corrected chi connectivity index (χ1v) is 9.21. The predicted molar refractivity (Wildman–Crippen MR) is 107 cm³/mol. The van der Waals surface area contributed by atoms with Crippen molar-refractivity contribution in [3.05, 3.63) is 58.1 Å². The van der Waals surface area contributed by atoms with Crippen molar-refractivity contribution in [1.82, 2.24) is 0 Å². The Kier molecular flexibility index (Phi) is 7.25. The number of nitrogens with one attached hydrogen (secondary N) is 1. The van der Waals surface area contributed by atoms with Gasteiger partial charge in [-0.05, 0) is 68.7 Å². The van der Waals surface area contributed by atoms with E-state index in [9.17, 15) is 9.59 Å². The van der Waals surface area contributed by atoms with Crippen LogP contribution in [0.3, 0.4) is 0 Å². The molecule has 0 aliphatic carbocycles. The first-order chi connectivity index (χ1) is 12.8. The van der Waals surface area contributed by atoms with E-state index in [0.29, 0.717) is 28.6 Å². The lowest BCUT2D eigenvalue weighted by Gasteiger charge is -2.16. The number of esters is 1. The van der Waals surface area contributed by atoms with Crippen LogP contribution >= 0.6 is 11.6 Å². The summed E-state index contributed by atoms with van der Waals surface area (Å²) in [5.74, 6) is -0.155. The Morgan fingerprint density at radius 2 is 1.81 bits per heavy atom. The fraction of sp³-hybridized carbons (Fsp3) is 0.333. The molecule has 1 N–H and O–H groups in total. The number of carbonyl (C=O) groups is 2. The molecule has 1 amide bonds. The third kappa shape index (κ3) is 5.73. The van der Waals surface area contributed by atoms with Gasteiger partial charge < -0.3 is 14.8 Å². The molecule has 0 aliphatic rings. The zero-order valence-electron chi connectivity index (χ0n) is 16.0. The molecule has 0 heterocycles. The van der Waals surface area contributed by atoms with Crippen LogP contribution in [-0.4, -0.2) is 24.6 Å². The molecule has 5 nitrogen and oxygen atoms in total. The molecular weight excluding hydrogens is 366 g/mol. The molecule has 2 rings (SSSR count). The molecule has 0 saturated carbocycles. The number of halogens is 1. The van der Waals surface area contributed by atoms with Crippen LogP contribution in [0, 0.1) is 13.8 Å². The van der Waals surface area contributed by atoms with Crippen molar-refractivity contribution in [2.45, 2.75) is 40.2 Å². The Morgan fingerprint density at radius 3 is 2.44 bits per heavy atom. The summed E-state index contributed by atoms with van der Waals surface area (Å²) >= 11 is 6.16. The van der Waals surface area contributed by atoms with Gasteiger partial charge in [0, 0.05) is 10.7 Å². The van der Waals surface area contributed by atoms with Crippen molar-refractivity contribution in [1.29, 1.82) is 0 Å². The van der Waals surface area contributed by atoms with Crippen molar-refractivity contribution < 1.29 is 19.1 Å². The van der Waals surface area contributed by atoms with Crippen LogP contribution in [0.15, 0.2) is 36.4 Å². The lowest BCUT2D eigenvalue weighted by Crippen LogP contribution is -2.30. The summed E-state index contributed by atoms with van der Waals surface area (Å²) in [5.41, 5.74) is 2.67. The summed E-state index contributed by atoms with van der Waals surface area (Å²) in [7, 11) is 0. The molecule has 2 aromatic rings. The fourth-order valence-corrected chi connectivity index (χ4v) is 2.59. The number of hydrogen-bond donors (Lipinski definition) is 1. The van der Waals surface area contributed by atoms with Crippen LogP contribution in [0.25, 0.3) is 0 Å². The molecule has 0 saturated heterocycles. The highest BCUT2D eigenvalue weighted by Crippen LogP contribution is 2.26. The summed E-state index contributed by atoms with van der Waals surface area (Å²) in [4.78, 5) is 24.4. The van der Waals surface area contributed by atoms with E-state index in [1.165, 1.54) is 0 Å². The Balaban J connectivity index is 2.03. The van der Waals surface area contributed by atoms with Crippen molar-refractivity contribution in [3.8, 4) is 5.75 Å². The number of benzene rings is 2. The molecule has 27 heavy (non-hydrogen) atoms. The highest BCUT2D eigenvalue weighted by Gasteiger charge is 2.17. The molecule has 2 aromatic carbocycles. The normalized spacial score (nSPS) is 11.6. The monoisotopic (exact) mass is 389 g/mol. The molecule has 0 bridgehead atoms. The van der Waals surface area contributed by atoms with Gasteiger partial charge in [-0.3, -0.25) is 4.79 Å². The van der Waals surface area contributed by atoms with Gasteiger partial charge in [-0.1, -0.05) is 24.6 Å². The van der Waals surface area contributed by atoms with Crippen molar-refractivity contribution >= 4 is 29.2 Å². The predicted octanol–water partition coefficient (Wildman–Crippen LogP) is 4.93. The van der Waals surface area contributed by atoms with Crippen LogP contribution in [0.4, 0.5) is 5.69 Å². The van der Waals surface area contributed by atoms with E-state index in [-0.39, 0.29) is 5.91 Å². The zero-order valence-corrected chi connectivity index (χ0v) is 16.7. The van der Waals surface area contributed by atoms with E-state index in [1.807, 2.05) is 20.8 Å². The third-order valence-corrected chi connectivity index (χ3v) is 4.49. The number of rotatable bonds is 7. The molecule has 0 aliphatic heterocycles. The van der Waals surface area contributed by atoms with Gasteiger partial charge in [0.1, 0.15) is 5.75 Å². The molecule has 0 spiro atoms. The minimum atomic E-state index is -0.722. The number of carbonyl (C=O) groups excluding carboxylic acids is 2. The van der Waals surface area contributed by atoms with Crippen LogP contribution in [-0.2, 0) is 9.53 Å². The number of aryl methyl sites for hydroxylation is 2. The van der Waals surface area contributed by atoms with Crippen LogP contribution in [0.5, 0.6) is 5.75 Å². The molecule has 0 aromatic heterocycles. The van der Waals surface area contributed by atoms with E-state index < -0.39 is 12.1 Å². The highest BCUT2D eigenvalue weighted by atomic mass is 35.5. The second-order valence-electron chi connectivity index (χ2n) is 6.34. The largest absolute Gasteiger partial charge is 0.481 e. The van der Waals surface area contributed by atoms with Gasteiger partial charge in [-0.2, -0.15) is 0 Å². The van der Waals surface area contributed by atoms with Gasteiger partial charge in [0.15, 0.2) is 6.10 Å². The number of anilines is 1.